The predicted octanol–water partition coefficient (Wildman–Crippen LogP) is 3.74. The molecule has 7 heteroatoms. The van der Waals surface area contributed by atoms with Gasteiger partial charge in [0.15, 0.2) is 0 Å². The zero-order valence-corrected chi connectivity index (χ0v) is 14.8. The third-order valence-electron chi connectivity index (χ3n) is 4.31. The lowest BCUT2D eigenvalue weighted by atomic mass is 10.1. The van der Waals surface area contributed by atoms with Crippen LogP contribution < -0.4 is 0 Å². The first-order valence-corrected chi connectivity index (χ1v) is 9.64. The minimum Gasteiger partial charge on any atom is -0.361 e. The monoisotopic (exact) mass is 374 g/mol. The van der Waals surface area contributed by atoms with E-state index in [1.165, 1.54) is 4.31 Å². The van der Waals surface area contributed by atoms with Crippen LogP contribution >= 0.6 is 11.6 Å². The molecule has 3 aromatic rings. The van der Waals surface area contributed by atoms with Crippen molar-refractivity contribution < 1.29 is 12.9 Å². The SMILES string of the molecule is O=S(=O)(c1cccc(-c2ccc(Cl)cc2)c1)N1CCc2oncc2C1. The van der Waals surface area contributed by atoms with Crippen LogP contribution in [0.25, 0.3) is 11.1 Å². The van der Waals surface area contributed by atoms with Gasteiger partial charge in [0.1, 0.15) is 5.76 Å². The van der Waals surface area contributed by atoms with Crippen LogP contribution in [0.2, 0.25) is 5.02 Å². The average Bonchev–Trinajstić information content (AvgIpc) is 3.10. The molecule has 0 bridgehead atoms. The Hall–Kier alpha value is -2.15. The number of nitrogens with zero attached hydrogens (tertiary/aromatic N) is 2. The summed E-state index contributed by atoms with van der Waals surface area (Å²) in [5, 5.41) is 4.39. The number of aromatic nitrogens is 1. The largest absolute Gasteiger partial charge is 0.361 e. The Morgan fingerprint density at radius 1 is 1.08 bits per heavy atom. The fraction of sp³-hybridized carbons (Fsp3) is 0.167. The maximum absolute atomic E-state index is 13.0. The molecule has 0 amide bonds. The summed E-state index contributed by atoms with van der Waals surface area (Å²) in [5.41, 5.74) is 2.57. The van der Waals surface area contributed by atoms with Crippen LogP contribution in [0.1, 0.15) is 11.3 Å². The van der Waals surface area contributed by atoms with Crippen molar-refractivity contribution in [2.45, 2.75) is 17.9 Å². The number of benzene rings is 2. The molecule has 1 aliphatic heterocycles. The van der Waals surface area contributed by atoms with Crippen molar-refractivity contribution in [1.29, 1.82) is 0 Å². The normalized spacial score (nSPS) is 15.1. The van der Waals surface area contributed by atoms with Gasteiger partial charge in [0.25, 0.3) is 0 Å². The Morgan fingerprint density at radius 2 is 1.88 bits per heavy atom. The lowest BCUT2D eigenvalue weighted by Gasteiger charge is -2.25. The molecule has 0 saturated carbocycles. The molecule has 0 radical (unpaired) electrons. The second-order valence-electron chi connectivity index (χ2n) is 5.90. The van der Waals surface area contributed by atoms with Crippen molar-refractivity contribution in [3.8, 4) is 11.1 Å². The lowest BCUT2D eigenvalue weighted by molar-refractivity contribution is 0.331. The third kappa shape index (κ3) is 3.08. The van der Waals surface area contributed by atoms with Gasteiger partial charge >= 0.3 is 0 Å². The van der Waals surface area contributed by atoms with Gasteiger partial charge in [0.05, 0.1) is 11.1 Å². The van der Waals surface area contributed by atoms with E-state index in [0.717, 1.165) is 22.5 Å². The first-order valence-electron chi connectivity index (χ1n) is 7.82. The number of hydrogen-bond donors (Lipinski definition) is 0. The highest BCUT2D eigenvalue weighted by Gasteiger charge is 2.30. The van der Waals surface area contributed by atoms with E-state index in [2.05, 4.69) is 5.16 Å². The standard InChI is InChI=1S/C18H15ClN2O3S/c19-16-6-4-13(5-7-16)14-2-1-3-17(10-14)25(22,23)21-9-8-18-15(12-21)11-20-24-18/h1-7,10-11H,8-9,12H2. The molecule has 5 nitrogen and oxygen atoms in total. The van der Waals surface area contributed by atoms with Gasteiger partial charge in [-0.2, -0.15) is 4.31 Å². The van der Waals surface area contributed by atoms with E-state index in [1.807, 2.05) is 18.2 Å². The molecule has 25 heavy (non-hydrogen) atoms. The molecule has 0 aliphatic carbocycles. The maximum Gasteiger partial charge on any atom is 0.243 e. The molecule has 4 rings (SSSR count). The fourth-order valence-corrected chi connectivity index (χ4v) is 4.54. The summed E-state index contributed by atoms with van der Waals surface area (Å²) in [6.45, 7) is 0.669. The van der Waals surface area contributed by atoms with Crippen molar-refractivity contribution in [1.82, 2.24) is 9.46 Å². The summed E-state index contributed by atoms with van der Waals surface area (Å²) >= 11 is 5.92. The predicted molar refractivity (Wildman–Crippen MR) is 94.7 cm³/mol. The Bertz CT molecular complexity index is 1010. The molecule has 1 aromatic heterocycles. The molecule has 2 aromatic carbocycles. The summed E-state index contributed by atoms with van der Waals surface area (Å²) in [6.07, 6.45) is 2.12. The number of hydrogen-bond acceptors (Lipinski definition) is 4. The van der Waals surface area contributed by atoms with Crippen molar-refractivity contribution in [2.24, 2.45) is 0 Å². The Kier molecular flexibility index (Phi) is 4.11. The van der Waals surface area contributed by atoms with Gasteiger partial charge in [0.2, 0.25) is 10.0 Å². The molecule has 0 saturated heterocycles. The lowest BCUT2D eigenvalue weighted by Crippen LogP contribution is -2.35. The molecule has 0 fully saturated rings. The van der Waals surface area contributed by atoms with Crippen molar-refractivity contribution in [3.63, 3.8) is 0 Å². The van der Waals surface area contributed by atoms with Crippen LogP contribution in [-0.2, 0) is 23.0 Å². The second-order valence-corrected chi connectivity index (χ2v) is 8.27. The van der Waals surface area contributed by atoms with E-state index < -0.39 is 10.0 Å². The summed E-state index contributed by atoms with van der Waals surface area (Å²) in [5.74, 6) is 0.765. The topological polar surface area (TPSA) is 63.4 Å². The smallest absolute Gasteiger partial charge is 0.243 e. The van der Waals surface area contributed by atoms with Gasteiger partial charge in [-0.3, -0.25) is 0 Å². The van der Waals surface area contributed by atoms with Gasteiger partial charge in [0, 0.05) is 30.1 Å². The van der Waals surface area contributed by atoms with Crippen LogP contribution in [0.3, 0.4) is 0 Å². The van der Waals surface area contributed by atoms with E-state index >= 15 is 0 Å². The molecule has 2 heterocycles. The maximum atomic E-state index is 13.0. The van der Waals surface area contributed by atoms with E-state index in [4.69, 9.17) is 16.1 Å². The summed E-state index contributed by atoms with van der Waals surface area (Å²) < 4.78 is 32.6. The van der Waals surface area contributed by atoms with Crippen molar-refractivity contribution in [3.05, 3.63) is 71.1 Å². The third-order valence-corrected chi connectivity index (χ3v) is 6.41. The molecule has 0 N–H and O–H groups in total. The van der Waals surface area contributed by atoms with Crippen molar-refractivity contribution in [2.75, 3.05) is 6.54 Å². The van der Waals surface area contributed by atoms with Gasteiger partial charge in [-0.15, -0.1) is 0 Å². The Balaban J connectivity index is 1.67. The fourth-order valence-electron chi connectivity index (χ4n) is 2.95. The number of sulfonamides is 1. The zero-order valence-electron chi connectivity index (χ0n) is 13.2. The molecular weight excluding hydrogens is 360 g/mol. The number of fused-ring (bicyclic) bond motifs is 1. The van der Waals surface area contributed by atoms with Crippen LogP contribution in [0.15, 0.2) is 64.1 Å². The molecule has 128 valence electrons. The molecule has 0 atom stereocenters. The Labute approximate surface area is 150 Å². The first kappa shape index (κ1) is 16.3. The second kappa shape index (κ2) is 6.29. The highest BCUT2D eigenvalue weighted by molar-refractivity contribution is 7.89. The average molecular weight is 375 g/mol. The van der Waals surface area contributed by atoms with E-state index in [-0.39, 0.29) is 11.4 Å². The van der Waals surface area contributed by atoms with Gasteiger partial charge < -0.3 is 4.52 Å². The van der Waals surface area contributed by atoms with Gasteiger partial charge in [-0.1, -0.05) is 41.0 Å². The van der Waals surface area contributed by atoms with Crippen molar-refractivity contribution >= 4 is 21.6 Å². The quantitative estimate of drug-likeness (QED) is 0.700. The summed E-state index contributed by atoms with van der Waals surface area (Å²) in [7, 11) is -3.58. The summed E-state index contributed by atoms with van der Waals surface area (Å²) in [4.78, 5) is 0.278. The first-order chi connectivity index (χ1) is 12.0. The van der Waals surface area contributed by atoms with Gasteiger partial charge in [-0.25, -0.2) is 8.42 Å². The van der Waals surface area contributed by atoms with E-state index in [0.29, 0.717) is 18.0 Å². The highest BCUT2D eigenvalue weighted by Crippen LogP contribution is 2.28. The minimum absolute atomic E-state index is 0.278. The van der Waals surface area contributed by atoms with E-state index in [1.54, 1.807) is 36.5 Å². The molecular formula is C18H15ClN2O3S. The number of rotatable bonds is 3. The summed E-state index contributed by atoms with van der Waals surface area (Å²) in [6, 6.07) is 14.3. The Morgan fingerprint density at radius 3 is 2.68 bits per heavy atom. The highest BCUT2D eigenvalue weighted by atomic mass is 35.5. The number of halogens is 1. The molecule has 1 aliphatic rings. The van der Waals surface area contributed by atoms with Crippen LogP contribution in [0.5, 0.6) is 0 Å². The molecule has 0 spiro atoms. The minimum atomic E-state index is -3.58. The van der Waals surface area contributed by atoms with Crippen LogP contribution in [0.4, 0.5) is 0 Å². The zero-order chi connectivity index (χ0) is 17.4. The molecule has 0 unspecified atom stereocenters. The van der Waals surface area contributed by atoms with Gasteiger partial charge in [-0.05, 0) is 35.4 Å². The van der Waals surface area contributed by atoms with Crippen LogP contribution in [-0.4, -0.2) is 24.4 Å². The van der Waals surface area contributed by atoms with Crippen LogP contribution in [0, 0.1) is 0 Å². The van der Waals surface area contributed by atoms with E-state index in [9.17, 15) is 8.42 Å².